The topological polar surface area (TPSA) is 117 Å². The molecule has 8 nitrogen and oxygen atoms in total. The molecule has 192 valence electrons. The summed E-state index contributed by atoms with van der Waals surface area (Å²) in [6.45, 7) is 0. The predicted octanol–water partition coefficient (Wildman–Crippen LogP) is 4.90. The highest BCUT2D eigenvalue weighted by Gasteiger charge is 2.38. The summed E-state index contributed by atoms with van der Waals surface area (Å²) >= 11 is 1.37. The summed E-state index contributed by atoms with van der Waals surface area (Å²) in [7, 11) is 0. The highest BCUT2D eigenvalue weighted by molar-refractivity contribution is 7.99. The summed E-state index contributed by atoms with van der Waals surface area (Å²) in [6, 6.07) is 22.8. The van der Waals surface area contributed by atoms with Crippen molar-refractivity contribution in [3.63, 3.8) is 0 Å². The fraction of sp³-hybridized carbons (Fsp3) is 0.0833. The number of hydrogen-bond donors (Lipinski definition) is 3. The molecule has 0 unspecified atom stereocenters. The minimum Gasteiger partial charge on any atom is -0.475 e. The number of hydroxylamine groups is 1. The number of rotatable bonds is 6. The first-order valence-corrected chi connectivity index (χ1v) is 11.2. The van der Waals surface area contributed by atoms with Gasteiger partial charge < -0.3 is 5.11 Å². The number of nitrogens with zero attached hydrogens (tertiary/aromatic N) is 3. The lowest BCUT2D eigenvalue weighted by molar-refractivity contribution is -0.192. The van der Waals surface area contributed by atoms with Crippen molar-refractivity contribution >= 4 is 23.6 Å². The maximum Gasteiger partial charge on any atom is 0.490 e. The van der Waals surface area contributed by atoms with Crippen LogP contribution in [0.25, 0.3) is 5.69 Å². The lowest BCUT2D eigenvalue weighted by Gasteiger charge is -2.11. The van der Waals surface area contributed by atoms with Crippen molar-refractivity contribution in [3.8, 4) is 5.69 Å². The van der Waals surface area contributed by atoms with Gasteiger partial charge in [0.1, 0.15) is 11.6 Å². The molecule has 0 saturated heterocycles. The Morgan fingerprint density at radius 1 is 0.919 bits per heavy atom. The van der Waals surface area contributed by atoms with E-state index < -0.39 is 18.1 Å². The van der Waals surface area contributed by atoms with E-state index in [-0.39, 0.29) is 5.82 Å². The van der Waals surface area contributed by atoms with Crippen molar-refractivity contribution in [1.29, 1.82) is 0 Å². The Kier molecular flexibility index (Phi) is 8.98. The van der Waals surface area contributed by atoms with Crippen LogP contribution < -0.4 is 5.48 Å². The van der Waals surface area contributed by atoms with Gasteiger partial charge in [0, 0.05) is 22.6 Å². The minimum atomic E-state index is -5.08. The number of carbonyl (C=O) groups excluding carboxylic acids is 1. The van der Waals surface area contributed by atoms with Gasteiger partial charge in [0.25, 0.3) is 5.91 Å². The molecule has 4 rings (SSSR count). The van der Waals surface area contributed by atoms with Crippen LogP contribution in [0.2, 0.25) is 0 Å². The zero-order chi connectivity index (χ0) is 27.0. The Morgan fingerprint density at radius 2 is 1.51 bits per heavy atom. The van der Waals surface area contributed by atoms with Crippen LogP contribution in [-0.4, -0.2) is 43.1 Å². The number of benzene rings is 3. The lowest BCUT2D eigenvalue weighted by atomic mass is 10.1. The summed E-state index contributed by atoms with van der Waals surface area (Å²) in [5, 5.41) is 25.2. The summed E-state index contributed by atoms with van der Waals surface area (Å²) < 4.78 is 47.1. The van der Waals surface area contributed by atoms with Gasteiger partial charge in [-0.1, -0.05) is 30.3 Å². The van der Waals surface area contributed by atoms with Gasteiger partial charge in [-0.15, -0.1) is 10.2 Å². The highest BCUT2D eigenvalue weighted by atomic mass is 32.2. The number of amides is 1. The Labute approximate surface area is 211 Å². The molecule has 1 amide bonds. The molecule has 0 bridgehead atoms. The Balaban J connectivity index is 0.000000479. The van der Waals surface area contributed by atoms with E-state index >= 15 is 0 Å². The molecule has 4 aromatic rings. The molecule has 1 aromatic heterocycles. The lowest BCUT2D eigenvalue weighted by Crippen LogP contribution is -2.21. The van der Waals surface area contributed by atoms with Gasteiger partial charge in [-0.05, 0) is 65.9 Å². The van der Waals surface area contributed by atoms with Crippen molar-refractivity contribution in [2.45, 2.75) is 22.6 Å². The molecule has 0 aliphatic carbocycles. The number of carbonyl (C=O) groups is 2. The fourth-order valence-corrected chi connectivity index (χ4v) is 3.82. The third kappa shape index (κ3) is 7.62. The predicted molar refractivity (Wildman–Crippen MR) is 124 cm³/mol. The monoisotopic (exact) mass is 534 g/mol. The number of aliphatic carboxylic acids is 1. The van der Waals surface area contributed by atoms with Crippen LogP contribution >= 0.6 is 11.8 Å². The number of hydrogen-bond acceptors (Lipinski definition) is 6. The molecule has 13 heteroatoms. The van der Waals surface area contributed by atoms with E-state index in [0.717, 1.165) is 22.0 Å². The van der Waals surface area contributed by atoms with Crippen LogP contribution in [0.5, 0.6) is 0 Å². The van der Waals surface area contributed by atoms with E-state index in [4.69, 9.17) is 15.1 Å². The summed E-state index contributed by atoms with van der Waals surface area (Å²) in [5.41, 5.74) is 3.79. The molecular formula is C24H18F4N4O4S. The van der Waals surface area contributed by atoms with Gasteiger partial charge >= 0.3 is 12.1 Å². The smallest absolute Gasteiger partial charge is 0.475 e. The normalized spacial score (nSPS) is 10.8. The number of alkyl halides is 3. The number of halogens is 4. The molecule has 1 heterocycles. The average molecular weight is 534 g/mol. The van der Waals surface area contributed by atoms with Crippen LogP contribution in [-0.2, 0) is 11.2 Å². The van der Waals surface area contributed by atoms with Crippen LogP contribution in [0.1, 0.15) is 21.7 Å². The first-order valence-electron chi connectivity index (χ1n) is 10.3. The summed E-state index contributed by atoms with van der Waals surface area (Å²) in [5.74, 6) is -2.92. The number of carboxylic acid groups (broad SMARTS) is 1. The SMILES string of the molecule is O=C(NO)c1ccc(Sc2nnc(Cc3ccccc3)n2-c2ccc(F)cc2)cc1.O=C(O)C(F)(F)F. The van der Waals surface area contributed by atoms with Crippen LogP contribution in [0, 0.1) is 5.82 Å². The van der Waals surface area contributed by atoms with E-state index in [2.05, 4.69) is 10.2 Å². The minimum absolute atomic E-state index is 0.316. The molecule has 3 aromatic carbocycles. The van der Waals surface area contributed by atoms with Crippen molar-refractivity contribution < 1.29 is 37.5 Å². The van der Waals surface area contributed by atoms with Crippen molar-refractivity contribution in [2.24, 2.45) is 0 Å². The zero-order valence-corrected chi connectivity index (χ0v) is 19.5. The van der Waals surface area contributed by atoms with Crippen LogP contribution in [0.15, 0.2) is 88.9 Å². The number of aromatic nitrogens is 3. The average Bonchev–Trinajstić information content (AvgIpc) is 3.26. The highest BCUT2D eigenvalue weighted by Crippen LogP contribution is 2.30. The van der Waals surface area contributed by atoms with E-state index in [1.807, 2.05) is 34.9 Å². The van der Waals surface area contributed by atoms with Crippen molar-refractivity contribution in [2.75, 3.05) is 0 Å². The summed E-state index contributed by atoms with van der Waals surface area (Å²) in [4.78, 5) is 21.2. The molecule has 0 aliphatic rings. The van der Waals surface area contributed by atoms with Gasteiger partial charge in [0.05, 0.1) is 0 Å². The standard InChI is InChI=1S/C22H17FN4O2S.C2HF3O2/c23-17-8-10-18(11-9-17)27-20(14-15-4-2-1-3-5-15)24-25-22(27)30-19-12-6-16(7-13-19)21(28)26-29;3-2(4,5)1(6)7/h1-13,29H,14H2,(H,26,28);(H,6,7). The van der Waals surface area contributed by atoms with Gasteiger partial charge in [0.2, 0.25) is 5.16 Å². The maximum absolute atomic E-state index is 13.5. The molecule has 0 saturated carbocycles. The second kappa shape index (κ2) is 12.1. The molecule has 0 atom stereocenters. The zero-order valence-electron chi connectivity index (χ0n) is 18.7. The molecule has 3 N–H and O–H groups in total. The van der Waals surface area contributed by atoms with Crippen LogP contribution in [0.4, 0.5) is 17.6 Å². The first-order chi connectivity index (χ1) is 17.6. The third-order valence-electron chi connectivity index (χ3n) is 4.66. The second-order valence-corrected chi connectivity index (χ2v) is 8.28. The van der Waals surface area contributed by atoms with Crippen molar-refractivity contribution in [1.82, 2.24) is 20.2 Å². The van der Waals surface area contributed by atoms with Gasteiger partial charge in [0.15, 0.2) is 0 Å². The van der Waals surface area contributed by atoms with E-state index in [1.165, 1.54) is 23.9 Å². The quantitative estimate of drug-likeness (QED) is 0.183. The van der Waals surface area contributed by atoms with Gasteiger partial charge in [-0.2, -0.15) is 13.2 Å². The third-order valence-corrected chi connectivity index (χ3v) is 5.61. The van der Waals surface area contributed by atoms with Gasteiger partial charge in [-0.3, -0.25) is 14.6 Å². The summed E-state index contributed by atoms with van der Waals surface area (Å²) in [6.07, 6.45) is -4.51. The fourth-order valence-electron chi connectivity index (χ4n) is 2.95. The molecule has 0 radical (unpaired) electrons. The van der Waals surface area contributed by atoms with Crippen molar-refractivity contribution in [3.05, 3.63) is 102 Å². The van der Waals surface area contributed by atoms with Gasteiger partial charge in [-0.25, -0.2) is 14.7 Å². The largest absolute Gasteiger partial charge is 0.490 e. The van der Waals surface area contributed by atoms with Crippen LogP contribution in [0.3, 0.4) is 0 Å². The maximum atomic E-state index is 13.5. The molecule has 37 heavy (non-hydrogen) atoms. The van der Waals surface area contributed by atoms with E-state index in [1.54, 1.807) is 41.9 Å². The van der Waals surface area contributed by atoms with E-state index in [0.29, 0.717) is 17.1 Å². The Morgan fingerprint density at radius 3 is 2.05 bits per heavy atom. The first kappa shape index (κ1) is 27.4. The Hall–Kier alpha value is -4.23. The Bertz CT molecular complexity index is 1350. The van der Waals surface area contributed by atoms with E-state index in [9.17, 15) is 22.4 Å². The second-order valence-electron chi connectivity index (χ2n) is 7.24. The number of carboxylic acids is 1. The number of nitrogens with one attached hydrogen (secondary N) is 1. The molecular weight excluding hydrogens is 516 g/mol. The molecule has 0 aliphatic heterocycles. The molecule has 0 spiro atoms. The molecule has 0 fully saturated rings.